The first-order valence-corrected chi connectivity index (χ1v) is 10.2. The number of benzene rings is 1. The number of esters is 2. The molecule has 6 heteroatoms. The summed E-state index contributed by atoms with van der Waals surface area (Å²) in [6, 6.07) is 4.22. The standard InChI is InChI=1S/C23H25NO5/c1-4-10-24-11-9-23-16-6-8-19(28-14(3)26)22(23)29-21-18(27-13(2)25)7-5-15(20(21)23)12-17(16)24/h4-8,16-17,19,22H,1,9-12H2,2-3H3. The lowest BCUT2D eigenvalue weighted by Gasteiger charge is -2.57. The molecule has 152 valence electrons. The molecule has 2 aliphatic carbocycles. The van der Waals surface area contributed by atoms with Crippen molar-refractivity contribution in [2.75, 3.05) is 13.1 Å². The van der Waals surface area contributed by atoms with Gasteiger partial charge in [-0.15, -0.1) is 6.58 Å². The van der Waals surface area contributed by atoms with Crippen molar-refractivity contribution in [1.82, 2.24) is 4.90 Å². The van der Waals surface area contributed by atoms with Crippen LogP contribution in [-0.4, -0.2) is 48.2 Å². The van der Waals surface area contributed by atoms with Gasteiger partial charge in [-0.05, 0) is 37.1 Å². The molecule has 0 radical (unpaired) electrons. The summed E-state index contributed by atoms with van der Waals surface area (Å²) in [7, 11) is 0. The lowest BCUT2D eigenvalue weighted by molar-refractivity contribution is -0.152. The highest BCUT2D eigenvalue weighted by Crippen LogP contribution is 2.62. The van der Waals surface area contributed by atoms with Gasteiger partial charge in [-0.1, -0.05) is 18.2 Å². The third-order valence-corrected chi connectivity index (χ3v) is 6.87. The third-order valence-electron chi connectivity index (χ3n) is 6.87. The fourth-order valence-corrected chi connectivity index (χ4v) is 6.02. The third kappa shape index (κ3) is 2.51. The molecule has 1 saturated heterocycles. The van der Waals surface area contributed by atoms with E-state index in [9.17, 15) is 9.59 Å². The molecule has 0 N–H and O–H groups in total. The number of nitrogens with zero attached hydrogens (tertiary/aromatic N) is 1. The second-order valence-electron chi connectivity index (χ2n) is 8.39. The quantitative estimate of drug-likeness (QED) is 0.444. The molecule has 5 rings (SSSR count). The second-order valence-corrected chi connectivity index (χ2v) is 8.39. The Morgan fingerprint density at radius 2 is 2.14 bits per heavy atom. The molecule has 1 spiro atoms. The van der Waals surface area contributed by atoms with Crippen molar-refractivity contribution in [2.24, 2.45) is 5.92 Å². The predicted molar refractivity (Wildman–Crippen MR) is 106 cm³/mol. The molecule has 2 bridgehead atoms. The minimum absolute atomic E-state index is 0.245. The van der Waals surface area contributed by atoms with E-state index < -0.39 is 6.10 Å². The molecule has 2 aliphatic heterocycles. The van der Waals surface area contributed by atoms with E-state index in [0.717, 1.165) is 31.5 Å². The summed E-state index contributed by atoms with van der Waals surface area (Å²) in [5.41, 5.74) is 2.09. The molecular formula is C23H25NO5. The van der Waals surface area contributed by atoms with E-state index in [1.165, 1.54) is 19.4 Å². The number of carbonyl (C=O) groups is 2. The van der Waals surface area contributed by atoms with Crippen molar-refractivity contribution in [3.63, 3.8) is 0 Å². The van der Waals surface area contributed by atoms with Gasteiger partial charge in [-0.2, -0.15) is 0 Å². The summed E-state index contributed by atoms with van der Waals surface area (Å²) in [4.78, 5) is 25.9. The molecule has 2 heterocycles. The number of likely N-dealkylation sites (tertiary alicyclic amines) is 1. The molecule has 0 saturated carbocycles. The van der Waals surface area contributed by atoms with Gasteiger partial charge in [-0.3, -0.25) is 14.5 Å². The zero-order valence-electron chi connectivity index (χ0n) is 16.7. The maximum Gasteiger partial charge on any atom is 0.308 e. The maximum atomic E-state index is 11.8. The SMILES string of the molecule is C=CCN1CCC23c4c5ccc(OC(C)=O)c4OC2C(OC(C)=O)C=CC3C1C5. The fourth-order valence-electron chi connectivity index (χ4n) is 6.02. The van der Waals surface area contributed by atoms with Crippen LogP contribution in [0, 0.1) is 5.92 Å². The summed E-state index contributed by atoms with van der Waals surface area (Å²) < 4.78 is 17.6. The smallest absolute Gasteiger partial charge is 0.308 e. The van der Waals surface area contributed by atoms with Gasteiger partial charge < -0.3 is 14.2 Å². The molecule has 5 atom stereocenters. The average molecular weight is 395 g/mol. The molecule has 0 amide bonds. The molecule has 4 aliphatic rings. The Morgan fingerprint density at radius 3 is 2.86 bits per heavy atom. The molecule has 0 aromatic heterocycles. The van der Waals surface area contributed by atoms with E-state index in [1.54, 1.807) is 0 Å². The largest absolute Gasteiger partial charge is 0.481 e. The van der Waals surface area contributed by atoms with Crippen LogP contribution in [0.3, 0.4) is 0 Å². The predicted octanol–water partition coefficient (Wildman–Crippen LogP) is 2.54. The van der Waals surface area contributed by atoms with E-state index >= 15 is 0 Å². The highest BCUT2D eigenvalue weighted by Gasteiger charge is 2.65. The van der Waals surface area contributed by atoms with Gasteiger partial charge >= 0.3 is 11.9 Å². The van der Waals surface area contributed by atoms with E-state index in [-0.39, 0.29) is 29.4 Å². The number of carbonyl (C=O) groups excluding carboxylic acids is 2. The number of hydrogen-bond donors (Lipinski definition) is 0. The number of ether oxygens (including phenoxy) is 3. The number of hydrogen-bond acceptors (Lipinski definition) is 6. The monoisotopic (exact) mass is 395 g/mol. The molecule has 5 unspecified atom stereocenters. The molecule has 1 fully saturated rings. The zero-order chi connectivity index (χ0) is 20.3. The number of piperidine rings is 1. The fraction of sp³-hybridized carbons (Fsp3) is 0.478. The Morgan fingerprint density at radius 1 is 1.31 bits per heavy atom. The van der Waals surface area contributed by atoms with Crippen LogP contribution in [0.15, 0.2) is 36.9 Å². The van der Waals surface area contributed by atoms with Crippen LogP contribution in [0.25, 0.3) is 0 Å². The van der Waals surface area contributed by atoms with E-state index in [1.807, 2.05) is 18.2 Å². The van der Waals surface area contributed by atoms with Gasteiger partial charge in [0.05, 0.1) is 0 Å². The van der Waals surface area contributed by atoms with Crippen molar-refractivity contribution >= 4 is 11.9 Å². The van der Waals surface area contributed by atoms with E-state index in [0.29, 0.717) is 17.5 Å². The van der Waals surface area contributed by atoms with Crippen molar-refractivity contribution in [1.29, 1.82) is 0 Å². The summed E-state index contributed by atoms with van der Waals surface area (Å²) in [6.07, 6.45) is 7.16. The Bertz CT molecular complexity index is 937. The summed E-state index contributed by atoms with van der Waals surface area (Å²) in [5, 5.41) is 0. The van der Waals surface area contributed by atoms with Gasteiger partial charge in [0.25, 0.3) is 0 Å². The zero-order valence-corrected chi connectivity index (χ0v) is 16.7. The average Bonchev–Trinajstić information content (AvgIpc) is 3.01. The minimum atomic E-state index is -0.459. The molecule has 6 nitrogen and oxygen atoms in total. The Labute approximate surface area is 170 Å². The van der Waals surface area contributed by atoms with E-state index in [2.05, 4.69) is 23.6 Å². The van der Waals surface area contributed by atoms with Crippen molar-refractivity contribution in [3.05, 3.63) is 48.1 Å². The lowest BCUT2D eigenvalue weighted by Crippen LogP contribution is -2.65. The lowest BCUT2D eigenvalue weighted by atomic mass is 9.53. The Hall–Kier alpha value is -2.60. The van der Waals surface area contributed by atoms with Gasteiger partial charge in [0.1, 0.15) is 6.10 Å². The maximum absolute atomic E-state index is 11.8. The van der Waals surface area contributed by atoms with Crippen LogP contribution < -0.4 is 9.47 Å². The van der Waals surface area contributed by atoms with Crippen LogP contribution in [0.1, 0.15) is 31.4 Å². The van der Waals surface area contributed by atoms with Crippen LogP contribution in [0.4, 0.5) is 0 Å². The van der Waals surface area contributed by atoms with Gasteiger partial charge in [0, 0.05) is 43.3 Å². The Balaban J connectivity index is 1.69. The van der Waals surface area contributed by atoms with Gasteiger partial charge in [-0.25, -0.2) is 0 Å². The minimum Gasteiger partial charge on any atom is -0.481 e. The highest BCUT2D eigenvalue weighted by molar-refractivity contribution is 5.73. The normalized spacial score (nSPS) is 33.4. The summed E-state index contributed by atoms with van der Waals surface area (Å²) in [6.45, 7) is 8.51. The number of rotatable bonds is 4. The highest BCUT2D eigenvalue weighted by atomic mass is 16.6. The van der Waals surface area contributed by atoms with Crippen LogP contribution >= 0.6 is 0 Å². The molecule has 1 aromatic rings. The van der Waals surface area contributed by atoms with Crippen LogP contribution in [-0.2, 0) is 26.2 Å². The molecule has 29 heavy (non-hydrogen) atoms. The van der Waals surface area contributed by atoms with Gasteiger partial charge in [0.2, 0.25) is 0 Å². The van der Waals surface area contributed by atoms with Crippen LogP contribution in [0.5, 0.6) is 11.5 Å². The van der Waals surface area contributed by atoms with E-state index in [4.69, 9.17) is 14.2 Å². The van der Waals surface area contributed by atoms with Crippen molar-refractivity contribution < 1.29 is 23.8 Å². The first kappa shape index (κ1) is 18.4. The van der Waals surface area contributed by atoms with Crippen molar-refractivity contribution in [3.8, 4) is 11.5 Å². The van der Waals surface area contributed by atoms with Gasteiger partial charge in [0.15, 0.2) is 17.6 Å². The van der Waals surface area contributed by atoms with Crippen LogP contribution in [0.2, 0.25) is 0 Å². The molecular weight excluding hydrogens is 370 g/mol. The Kier molecular flexibility index (Phi) is 4.10. The topological polar surface area (TPSA) is 65.1 Å². The first-order chi connectivity index (χ1) is 14.0. The summed E-state index contributed by atoms with van der Waals surface area (Å²) in [5.74, 6) is 0.634. The van der Waals surface area contributed by atoms with Crippen molar-refractivity contribution in [2.45, 2.75) is 50.4 Å². The first-order valence-electron chi connectivity index (χ1n) is 10.2. The second kappa shape index (κ2) is 6.46. The summed E-state index contributed by atoms with van der Waals surface area (Å²) >= 11 is 0. The molecule has 1 aromatic carbocycles.